The number of rotatable bonds is 8. The molecule has 0 radical (unpaired) electrons. The van der Waals surface area contributed by atoms with Crippen LogP contribution in [0.15, 0.2) is 53.4 Å². The van der Waals surface area contributed by atoms with Crippen LogP contribution in [0.5, 0.6) is 0 Å². The molecule has 2 aromatic carbocycles. The zero-order chi connectivity index (χ0) is 19.9. The quantitative estimate of drug-likeness (QED) is 0.676. The van der Waals surface area contributed by atoms with Gasteiger partial charge in [-0.3, -0.25) is 4.79 Å². The van der Waals surface area contributed by atoms with E-state index >= 15 is 0 Å². The molecule has 0 bridgehead atoms. The number of hydrogen-bond acceptors (Lipinski definition) is 5. The summed E-state index contributed by atoms with van der Waals surface area (Å²) in [7, 11) is 0.150. The molecule has 0 atom stereocenters. The van der Waals surface area contributed by atoms with Crippen LogP contribution in [0.4, 0.5) is 5.69 Å². The lowest BCUT2D eigenvalue weighted by atomic mass is 10.2. The zero-order valence-corrected chi connectivity index (χ0v) is 16.1. The van der Waals surface area contributed by atoms with Crippen LogP contribution in [-0.4, -0.2) is 46.4 Å². The van der Waals surface area contributed by atoms with Crippen LogP contribution in [0.1, 0.15) is 22.3 Å². The number of sulfonamides is 1. The summed E-state index contributed by atoms with van der Waals surface area (Å²) in [5.74, 6) is -0.449. The molecule has 0 aliphatic carbocycles. The van der Waals surface area contributed by atoms with Crippen molar-refractivity contribution in [3.8, 4) is 6.07 Å². The lowest BCUT2D eigenvalue weighted by Crippen LogP contribution is -2.27. The third-order valence-corrected chi connectivity index (χ3v) is 5.19. The van der Waals surface area contributed by atoms with Crippen molar-refractivity contribution in [1.82, 2.24) is 9.62 Å². The highest BCUT2D eigenvalue weighted by molar-refractivity contribution is 7.89. The molecule has 0 saturated heterocycles. The highest BCUT2D eigenvalue weighted by atomic mass is 32.2. The van der Waals surface area contributed by atoms with Crippen molar-refractivity contribution in [3.63, 3.8) is 0 Å². The summed E-state index contributed by atoms with van der Waals surface area (Å²) in [6, 6.07) is 14.3. The van der Waals surface area contributed by atoms with E-state index < -0.39 is 15.9 Å². The molecule has 27 heavy (non-hydrogen) atoms. The van der Waals surface area contributed by atoms with Gasteiger partial charge in [-0.15, -0.1) is 0 Å². The molecule has 7 nitrogen and oxygen atoms in total. The van der Waals surface area contributed by atoms with Gasteiger partial charge in [0.15, 0.2) is 0 Å². The van der Waals surface area contributed by atoms with Crippen molar-refractivity contribution in [2.24, 2.45) is 0 Å². The van der Waals surface area contributed by atoms with Gasteiger partial charge in [-0.25, -0.2) is 13.1 Å². The minimum absolute atomic E-state index is 0.0331. The highest BCUT2D eigenvalue weighted by Gasteiger charge is 2.16. The molecular formula is C19H22N4O3S. The Bertz CT molecular complexity index is 949. The van der Waals surface area contributed by atoms with Gasteiger partial charge in [0.25, 0.3) is 5.91 Å². The number of anilines is 1. The Morgan fingerprint density at radius 2 is 1.89 bits per heavy atom. The summed E-state index contributed by atoms with van der Waals surface area (Å²) in [4.78, 5) is 14.4. The minimum Gasteiger partial charge on any atom is -0.322 e. The number of carbonyl (C=O) groups excluding carboxylic acids is 1. The highest BCUT2D eigenvalue weighted by Crippen LogP contribution is 2.15. The number of hydrogen-bond donors (Lipinski definition) is 2. The molecule has 2 rings (SSSR count). The Morgan fingerprint density at radius 1 is 1.15 bits per heavy atom. The molecule has 0 saturated carbocycles. The van der Waals surface area contributed by atoms with Crippen molar-refractivity contribution in [2.45, 2.75) is 11.3 Å². The number of amides is 1. The number of benzene rings is 2. The van der Waals surface area contributed by atoms with E-state index in [2.05, 4.69) is 10.0 Å². The van der Waals surface area contributed by atoms with Crippen LogP contribution in [-0.2, 0) is 10.0 Å². The second-order valence-electron chi connectivity index (χ2n) is 6.23. The van der Waals surface area contributed by atoms with E-state index in [0.717, 1.165) is 6.54 Å². The van der Waals surface area contributed by atoms with Gasteiger partial charge >= 0.3 is 0 Å². The van der Waals surface area contributed by atoms with E-state index in [0.29, 0.717) is 24.2 Å². The molecule has 0 spiro atoms. The van der Waals surface area contributed by atoms with Crippen molar-refractivity contribution in [1.29, 1.82) is 5.26 Å². The monoisotopic (exact) mass is 386 g/mol. The zero-order valence-electron chi connectivity index (χ0n) is 15.3. The van der Waals surface area contributed by atoms with Crippen molar-refractivity contribution in [3.05, 3.63) is 59.7 Å². The molecule has 0 aliphatic heterocycles. The van der Waals surface area contributed by atoms with Crippen LogP contribution in [0.3, 0.4) is 0 Å². The lowest BCUT2D eigenvalue weighted by Gasteiger charge is -2.11. The van der Waals surface area contributed by atoms with E-state index in [-0.39, 0.29) is 10.5 Å². The number of nitriles is 1. The number of nitrogens with zero attached hydrogens (tertiary/aromatic N) is 2. The fourth-order valence-corrected chi connectivity index (χ4v) is 3.48. The molecule has 0 fully saturated rings. The summed E-state index contributed by atoms with van der Waals surface area (Å²) in [6.45, 7) is 1.09. The van der Waals surface area contributed by atoms with Crippen molar-refractivity contribution >= 4 is 21.6 Å². The van der Waals surface area contributed by atoms with Crippen LogP contribution in [0, 0.1) is 11.3 Å². The number of carbonyl (C=O) groups is 1. The average molecular weight is 386 g/mol. The van der Waals surface area contributed by atoms with Crippen LogP contribution in [0.2, 0.25) is 0 Å². The van der Waals surface area contributed by atoms with Gasteiger partial charge in [0.1, 0.15) is 0 Å². The van der Waals surface area contributed by atoms with Gasteiger partial charge in [0, 0.05) is 17.8 Å². The molecular weight excluding hydrogens is 364 g/mol. The van der Waals surface area contributed by atoms with Gasteiger partial charge in [-0.05, 0) is 63.5 Å². The first-order valence-electron chi connectivity index (χ1n) is 8.38. The summed E-state index contributed by atoms with van der Waals surface area (Å²) < 4.78 is 27.3. The predicted octanol–water partition coefficient (Wildman–Crippen LogP) is 2.04. The van der Waals surface area contributed by atoms with Crippen LogP contribution in [0.25, 0.3) is 0 Å². The third kappa shape index (κ3) is 6.18. The molecule has 8 heteroatoms. The molecule has 2 aromatic rings. The first-order valence-corrected chi connectivity index (χ1v) is 9.86. The molecule has 0 aromatic heterocycles. The normalized spacial score (nSPS) is 11.2. The minimum atomic E-state index is -3.69. The fourth-order valence-electron chi connectivity index (χ4n) is 2.36. The Hall–Kier alpha value is -2.73. The van der Waals surface area contributed by atoms with Crippen LogP contribution >= 0.6 is 0 Å². The first kappa shape index (κ1) is 20.6. The van der Waals surface area contributed by atoms with Gasteiger partial charge in [-0.2, -0.15) is 5.26 Å². The summed E-state index contributed by atoms with van der Waals surface area (Å²) in [5.41, 5.74) is 1.11. The largest absolute Gasteiger partial charge is 0.322 e. The van der Waals surface area contributed by atoms with Gasteiger partial charge in [0.05, 0.1) is 16.5 Å². The van der Waals surface area contributed by atoms with Gasteiger partial charge in [0.2, 0.25) is 10.0 Å². The second-order valence-corrected chi connectivity index (χ2v) is 8.00. The molecule has 0 unspecified atom stereocenters. The summed E-state index contributed by atoms with van der Waals surface area (Å²) >= 11 is 0. The molecule has 0 aliphatic rings. The second kappa shape index (κ2) is 9.28. The lowest BCUT2D eigenvalue weighted by molar-refractivity contribution is 0.102. The van der Waals surface area contributed by atoms with Crippen molar-refractivity contribution < 1.29 is 13.2 Å². The molecule has 0 heterocycles. The van der Waals surface area contributed by atoms with E-state index in [4.69, 9.17) is 5.26 Å². The predicted molar refractivity (Wildman–Crippen MR) is 104 cm³/mol. The van der Waals surface area contributed by atoms with Gasteiger partial charge in [-0.1, -0.05) is 12.1 Å². The SMILES string of the molecule is CN(C)CCCNS(=O)(=O)c1cccc(C(=O)Nc2cccc(C#N)c2)c1. The van der Waals surface area contributed by atoms with Crippen LogP contribution < -0.4 is 10.0 Å². The third-order valence-electron chi connectivity index (χ3n) is 3.73. The maximum absolute atomic E-state index is 12.4. The molecule has 142 valence electrons. The van der Waals surface area contributed by atoms with E-state index in [9.17, 15) is 13.2 Å². The number of nitrogens with one attached hydrogen (secondary N) is 2. The topological polar surface area (TPSA) is 102 Å². The first-order chi connectivity index (χ1) is 12.8. The maximum Gasteiger partial charge on any atom is 0.255 e. The molecule has 1 amide bonds. The average Bonchev–Trinajstić information content (AvgIpc) is 2.65. The Kier molecular flexibility index (Phi) is 7.07. The van der Waals surface area contributed by atoms with E-state index in [1.165, 1.54) is 24.3 Å². The Labute approximate surface area is 159 Å². The smallest absolute Gasteiger partial charge is 0.255 e. The van der Waals surface area contributed by atoms with E-state index in [1.54, 1.807) is 24.3 Å². The van der Waals surface area contributed by atoms with Gasteiger partial charge < -0.3 is 10.2 Å². The fraction of sp³-hybridized carbons (Fsp3) is 0.263. The standard InChI is InChI=1S/C19H22N4O3S/c1-23(2)11-5-10-21-27(25,26)18-9-4-7-16(13-18)19(24)22-17-8-3-6-15(12-17)14-20/h3-4,6-9,12-13,21H,5,10-11H2,1-2H3,(H,22,24). The summed E-state index contributed by atoms with van der Waals surface area (Å²) in [6.07, 6.45) is 0.682. The Morgan fingerprint density at radius 3 is 2.59 bits per heavy atom. The van der Waals surface area contributed by atoms with E-state index in [1.807, 2.05) is 25.1 Å². The summed E-state index contributed by atoms with van der Waals surface area (Å²) in [5, 5.41) is 11.6. The maximum atomic E-state index is 12.4. The van der Waals surface area contributed by atoms with Crippen molar-refractivity contribution in [2.75, 3.05) is 32.5 Å². The molecule has 2 N–H and O–H groups in total. The Balaban J connectivity index is 2.09.